The van der Waals surface area contributed by atoms with Crippen molar-refractivity contribution in [1.29, 1.82) is 0 Å². The number of benzene rings is 1. The van der Waals surface area contributed by atoms with Crippen LogP contribution >= 0.6 is 31.9 Å². The monoisotopic (exact) mass is 347 g/mol. The molecule has 1 N–H and O–H groups in total. The van der Waals surface area contributed by atoms with Gasteiger partial charge in [0.25, 0.3) is 0 Å². The van der Waals surface area contributed by atoms with Crippen molar-refractivity contribution < 1.29 is 4.74 Å². The van der Waals surface area contributed by atoms with E-state index >= 15 is 0 Å². The minimum absolute atomic E-state index is 0.661. The van der Waals surface area contributed by atoms with E-state index in [9.17, 15) is 0 Å². The maximum atomic E-state index is 5.62. The topological polar surface area (TPSA) is 21.3 Å². The molecule has 0 atom stereocenters. The zero-order valence-electron chi connectivity index (χ0n) is 9.22. The fourth-order valence-electron chi connectivity index (χ4n) is 1.36. The molecule has 0 fully saturated rings. The van der Waals surface area contributed by atoms with E-state index in [0.29, 0.717) is 6.61 Å². The second kappa shape index (κ2) is 7.09. The highest BCUT2D eigenvalue weighted by atomic mass is 79.9. The third kappa shape index (κ3) is 3.92. The Morgan fingerprint density at radius 1 is 1.44 bits per heavy atom. The Morgan fingerprint density at radius 2 is 2.19 bits per heavy atom. The second-order valence-corrected chi connectivity index (χ2v) is 5.00. The maximum absolute atomic E-state index is 5.62. The number of hydrogen-bond acceptors (Lipinski definition) is 2. The molecule has 0 saturated carbocycles. The summed E-state index contributed by atoms with van der Waals surface area (Å²) in [6.07, 6.45) is 1.84. The van der Waals surface area contributed by atoms with E-state index in [-0.39, 0.29) is 0 Å². The Hall–Kier alpha value is -0.320. The van der Waals surface area contributed by atoms with Crippen LogP contribution in [0.4, 0.5) is 0 Å². The van der Waals surface area contributed by atoms with Crippen LogP contribution in [-0.2, 0) is 6.54 Å². The number of ether oxygens (including phenoxy) is 1. The number of nitrogens with one attached hydrogen (secondary N) is 1. The Kier molecular flexibility index (Phi) is 6.09. The summed E-state index contributed by atoms with van der Waals surface area (Å²) < 4.78 is 7.63. The van der Waals surface area contributed by atoms with Crippen LogP contribution < -0.4 is 10.1 Å². The lowest BCUT2D eigenvalue weighted by Gasteiger charge is -2.13. The summed E-state index contributed by atoms with van der Waals surface area (Å²) in [7, 11) is 0. The van der Waals surface area contributed by atoms with Crippen LogP contribution in [0, 0.1) is 0 Å². The van der Waals surface area contributed by atoms with Gasteiger partial charge in [0.15, 0.2) is 0 Å². The van der Waals surface area contributed by atoms with Crippen LogP contribution in [0.5, 0.6) is 5.75 Å². The lowest BCUT2D eigenvalue weighted by Crippen LogP contribution is -2.13. The molecule has 0 heterocycles. The van der Waals surface area contributed by atoms with E-state index in [1.54, 1.807) is 0 Å². The van der Waals surface area contributed by atoms with Gasteiger partial charge in [0, 0.05) is 23.1 Å². The fraction of sp³-hybridized carbons (Fsp3) is 0.333. The summed E-state index contributed by atoms with van der Waals surface area (Å²) in [6.45, 7) is 7.87. The van der Waals surface area contributed by atoms with Crippen LogP contribution in [0.2, 0.25) is 0 Å². The molecular weight excluding hydrogens is 334 g/mol. The molecule has 0 aliphatic heterocycles. The summed E-state index contributed by atoms with van der Waals surface area (Å²) in [4.78, 5) is 0. The summed E-state index contributed by atoms with van der Waals surface area (Å²) in [6, 6.07) is 4.05. The van der Waals surface area contributed by atoms with Crippen LogP contribution in [0.25, 0.3) is 0 Å². The molecule has 0 amide bonds. The molecule has 4 heteroatoms. The quantitative estimate of drug-likeness (QED) is 0.622. The largest absolute Gasteiger partial charge is 0.492 e. The van der Waals surface area contributed by atoms with Gasteiger partial charge in [0.1, 0.15) is 5.75 Å². The highest BCUT2D eigenvalue weighted by Gasteiger charge is 2.09. The maximum Gasteiger partial charge on any atom is 0.138 e. The van der Waals surface area contributed by atoms with Gasteiger partial charge in [-0.1, -0.05) is 22.0 Å². The SMILES string of the molecule is C=CCNCc1cc(Br)cc(Br)c1OCC. The molecule has 1 aromatic carbocycles. The fourth-order valence-corrected chi connectivity index (χ4v) is 2.79. The molecule has 0 saturated heterocycles. The van der Waals surface area contributed by atoms with Gasteiger partial charge < -0.3 is 10.1 Å². The standard InChI is InChI=1S/C12H15Br2NO/c1-3-5-15-8-9-6-10(13)7-11(14)12(9)16-4-2/h3,6-7,15H,1,4-5,8H2,2H3. The molecule has 0 aromatic heterocycles. The van der Waals surface area contributed by atoms with Gasteiger partial charge in [0.2, 0.25) is 0 Å². The predicted molar refractivity (Wildman–Crippen MR) is 74.9 cm³/mol. The Balaban J connectivity index is 2.89. The normalized spacial score (nSPS) is 10.2. The van der Waals surface area contributed by atoms with Gasteiger partial charge in [-0.3, -0.25) is 0 Å². The summed E-state index contributed by atoms with van der Waals surface area (Å²) in [5.74, 6) is 0.905. The van der Waals surface area contributed by atoms with Crippen molar-refractivity contribution in [3.05, 3.63) is 39.3 Å². The molecule has 0 aliphatic rings. The number of halogens is 2. The van der Waals surface area contributed by atoms with E-state index in [1.807, 2.05) is 19.1 Å². The third-order valence-corrected chi connectivity index (χ3v) is 3.02. The van der Waals surface area contributed by atoms with Crippen molar-refractivity contribution in [2.75, 3.05) is 13.2 Å². The van der Waals surface area contributed by atoms with Crippen LogP contribution in [0.1, 0.15) is 12.5 Å². The molecular formula is C12H15Br2NO. The van der Waals surface area contributed by atoms with E-state index in [2.05, 4.69) is 49.8 Å². The highest BCUT2D eigenvalue weighted by Crippen LogP contribution is 2.32. The lowest BCUT2D eigenvalue weighted by molar-refractivity contribution is 0.333. The molecule has 0 aliphatic carbocycles. The number of hydrogen-bond donors (Lipinski definition) is 1. The first-order valence-corrected chi connectivity index (χ1v) is 6.70. The Bertz CT molecular complexity index is 366. The second-order valence-electron chi connectivity index (χ2n) is 3.23. The first kappa shape index (κ1) is 13.7. The molecule has 0 radical (unpaired) electrons. The van der Waals surface area contributed by atoms with Crippen LogP contribution in [0.3, 0.4) is 0 Å². The molecule has 88 valence electrons. The van der Waals surface area contributed by atoms with Gasteiger partial charge in [0.05, 0.1) is 11.1 Å². The molecule has 0 unspecified atom stereocenters. The molecule has 2 nitrogen and oxygen atoms in total. The number of rotatable bonds is 6. The van der Waals surface area contributed by atoms with Crippen molar-refractivity contribution in [3.8, 4) is 5.75 Å². The third-order valence-electron chi connectivity index (χ3n) is 1.98. The van der Waals surface area contributed by atoms with Crippen molar-refractivity contribution in [1.82, 2.24) is 5.32 Å². The summed E-state index contributed by atoms with van der Waals surface area (Å²) >= 11 is 6.98. The molecule has 16 heavy (non-hydrogen) atoms. The van der Waals surface area contributed by atoms with E-state index < -0.39 is 0 Å². The van der Waals surface area contributed by atoms with Gasteiger partial charge in [-0.25, -0.2) is 0 Å². The zero-order valence-corrected chi connectivity index (χ0v) is 12.4. The van der Waals surface area contributed by atoms with Crippen molar-refractivity contribution in [2.24, 2.45) is 0 Å². The van der Waals surface area contributed by atoms with Crippen LogP contribution in [0.15, 0.2) is 33.7 Å². The van der Waals surface area contributed by atoms with Gasteiger partial charge >= 0.3 is 0 Å². The lowest BCUT2D eigenvalue weighted by atomic mass is 10.2. The average Bonchev–Trinajstić information content (AvgIpc) is 2.23. The summed E-state index contributed by atoms with van der Waals surface area (Å²) in [5, 5.41) is 3.26. The Labute approximate surface area is 113 Å². The van der Waals surface area contributed by atoms with Crippen molar-refractivity contribution in [2.45, 2.75) is 13.5 Å². The van der Waals surface area contributed by atoms with Gasteiger partial charge in [-0.15, -0.1) is 6.58 Å². The first-order valence-electron chi connectivity index (χ1n) is 5.11. The molecule has 0 spiro atoms. The Morgan fingerprint density at radius 3 is 2.81 bits per heavy atom. The zero-order chi connectivity index (χ0) is 12.0. The molecule has 1 aromatic rings. The van der Waals surface area contributed by atoms with Crippen molar-refractivity contribution in [3.63, 3.8) is 0 Å². The molecule has 1 rings (SSSR count). The van der Waals surface area contributed by atoms with Gasteiger partial charge in [-0.2, -0.15) is 0 Å². The molecule has 0 bridgehead atoms. The van der Waals surface area contributed by atoms with E-state index in [4.69, 9.17) is 4.74 Å². The summed E-state index contributed by atoms with van der Waals surface area (Å²) in [5.41, 5.74) is 1.13. The first-order chi connectivity index (χ1) is 7.69. The van der Waals surface area contributed by atoms with E-state index in [1.165, 1.54) is 0 Å². The predicted octanol–water partition coefficient (Wildman–Crippen LogP) is 3.89. The minimum atomic E-state index is 0.661. The average molecular weight is 349 g/mol. The van der Waals surface area contributed by atoms with E-state index in [0.717, 1.165) is 33.3 Å². The van der Waals surface area contributed by atoms with Crippen molar-refractivity contribution >= 4 is 31.9 Å². The highest BCUT2D eigenvalue weighted by molar-refractivity contribution is 9.11. The minimum Gasteiger partial charge on any atom is -0.492 e. The smallest absolute Gasteiger partial charge is 0.138 e. The van der Waals surface area contributed by atoms with Crippen LogP contribution in [-0.4, -0.2) is 13.2 Å². The van der Waals surface area contributed by atoms with Gasteiger partial charge in [-0.05, 0) is 35.0 Å².